The molecule has 0 saturated carbocycles. The van der Waals surface area contributed by atoms with Crippen LogP contribution in [0.15, 0.2) is 22.7 Å². The minimum atomic E-state index is -0.225. The van der Waals surface area contributed by atoms with Crippen molar-refractivity contribution in [1.82, 2.24) is 0 Å². The lowest BCUT2D eigenvalue weighted by Crippen LogP contribution is -2.25. The van der Waals surface area contributed by atoms with Crippen molar-refractivity contribution < 1.29 is 5.11 Å². The van der Waals surface area contributed by atoms with Crippen LogP contribution in [0.2, 0.25) is 0 Å². The van der Waals surface area contributed by atoms with E-state index in [0.717, 1.165) is 29.5 Å². The van der Waals surface area contributed by atoms with Crippen molar-refractivity contribution in [3.8, 4) is 0 Å². The number of halogens is 1. The number of aliphatic hydroxyl groups is 1. The van der Waals surface area contributed by atoms with Gasteiger partial charge in [0.25, 0.3) is 0 Å². The quantitative estimate of drug-likeness (QED) is 0.899. The van der Waals surface area contributed by atoms with E-state index in [1.807, 2.05) is 13.0 Å². The SMILES string of the molecule is CC(O)C1CCN(c2ccc(Br)cc2CN)C1. The second kappa shape index (κ2) is 5.38. The molecule has 1 fully saturated rings. The molecule has 94 valence electrons. The third-order valence-electron chi connectivity index (χ3n) is 3.51. The number of anilines is 1. The largest absolute Gasteiger partial charge is 0.393 e. The first-order valence-corrected chi connectivity index (χ1v) is 6.82. The number of rotatable bonds is 3. The highest BCUT2D eigenvalue weighted by molar-refractivity contribution is 9.10. The highest BCUT2D eigenvalue weighted by Crippen LogP contribution is 2.30. The molecule has 0 amide bonds. The van der Waals surface area contributed by atoms with E-state index in [0.29, 0.717) is 12.5 Å². The second-order valence-corrected chi connectivity index (χ2v) is 5.63. The Hall–Kier alpha value is -0.580. The summed E-state index contributed by atoms with van der Waals surface area (Å²) >= 11 is 3.47. The molecule has 1 aromatic carbocycles. The van der Waals surface area contributed by atoms with Gasteiger partial charge in [0.15, 0.2) is 0 Å². The van der Waals surface area contributed by atoms with Crippen molar-refractivity contribution in [2.24, 2.45) is 11.7 Å². The molecular formula is C13H19BrN2O. The maximum Gasteiger partial charge on any atom is 0.0557 e. The maximum atomic E-state index is 9.63. The van der Waals surface area contributed by atoms with Crippen molar-refractivity contribution in [3.63, 3.8) is 0 Å². The Kier molecular flexibility index (Phi) is 4.07. The first kappa shape index (κ1) is 12.9. The average molecular weight is 299 g/mol. The van der Waals surface area contributed by atoms with Gasteiger partial charge >= 0.3 is 0 Å². The van der Waals surface area contributed by atoms with Gasteiger partial charge in [-0.1, -0.05) is 15.9 Å². The summed E-state index contributed by atoms with van der Waals surface area (Å²) in [5.41, 5.74) is 8.15. The smallest absolute Gasteiger partial charge is 0.0557 e. The molecule has 0 spiro atoms. The van der Waals surface area contributed by atoms with Crippen LogP contribution < -0.4 is 10.6 Å². The van der Waals surface area contributed by atoms with Gasteiger partial charge < -0.3 is 15.7 Å². The zero-order valence-corrected chi connectivity index (χ0v) is 11.7. The Morgan fingerprint density at radius 1 is 1.59 bits per heavy atom. The normalized spacial score (nSPS) is 21.9. The molecule has 3 N–H and O–H groups in total. The molecule has 2 rings (SSSR count). The summed E-state index contributed by atoms with van der Waals surface area (Å²) < 4.78 is 1.06. The van der Waals surface area contributed by atoms with Gasteiger partial charge in [0.1, 0.15) is 0 Å². The first-order valence-electron chi connectivity index (χ1n) is 6.03. The summed E-state index contributed by atoms with van der Waals surface area (Å²) in [6.45, 7) is 4.35. The van der Waals surface area contributed by atoms with Gasteiger partial charge in [-0.05, 0) is 37.1 Å². The van der Waals surface area contributed by atoms with Crippen molar-refractivity contribution in [2.45, 2.75) is 26.0 Å². The van der Waals surface area contributed by atoms with E-state index in [-0.39, 0.29) is 6.10 Å². The molecule has 1 aromatic rings. The van der Waals surface area contributed by atoms with Crippen molar-refractivity contribution in [1.29, 1.82) is 0 Å². The summed E-state index contributed by atoms with van der Waals surface area (Å²) in [5.74, 6) is 0.379. The van der Waals surface area contributed by atoms with Crippen LogP contribution in [0.5, 0.6) is 0 Å². The van der Waals surface area contributed by atoms with Gasteiger partial charge in [0.2, 0.25) is 0 Å². The zero-order chi connectivity index (χ0) is 12.4. The number of nitrogens with zero attached hydrogens (tertiary/aromatic N) is 1. The third-order valence-corrected chi connectivity index (χ3v) is 4.00. The summed E-state index contributed by atoms with van der Waals surface area (Å²) in [7, 11) is 0. The lowest BCUT2D eigenvalue weighted by molar-refractivity contribution is 0.136. The summed E-state index contributed by atoms with van der Waals surface area (Å²) in [5, 5.41) is 9.63. The topological polar surface area (TPSA) is 49.5 Å². The molecule has 0 bridgehead atoms. The van der Waals surface area contributed by atoms with Crippen molar-refractivity contribution >= 4 is 21.6 Å². The molecule has 1 aliphatic rings. The molecule has 17 heavy (non-hydrogen) atoms. The van der Waals surface area contributed by atoms with E-state index < -0.39 is 0 Å². The Labute approximate surface area is 111 Å². The average Bonchev–Trinajstić information content (AvgIpc) is 2.78. The van der Waals surface area contributed by atoms with Crippen LogP contribution in [0.3, 0.4) is 0 Å². The Morgan fingerprint density at radius 3 is 2.94 bits per heavy atom. The van der Waals surface area contributed by atoms with Crippen LogP contribution in [0, 0.1) is 5.92 Å². The van der Waals surface area contributed by atoms with Crippen LogP contribution in [-0.2, 0) is 6.54 Å². The first-order chi connectivity index (χ1) is 8.11. The molecular weight excluding hydrogens is 280 g/mol. The second-order valence-electron chi connectivity index (χ2n) is 4.71. The number of benzene rings is 1. The Morgan fingerprint density at radius 2 is 2.35 bits per heavy atom. The lowest BCUT2D eigenvalue weighted by Gasteiger charge is -2.22. The highest BCUT2D eigenvalue weighted by Gasteiger charge is 2.27. The Balaban J connectivity index is 2.18. The van der Waals surface area contributed by atoms with E-state index in [9.17, 15) is 5.11 Å². The van der Waals surface area contributed by atoms with E-state index in [4.69, 9.17) is 5.73 Å². The highest BCUT2D eigenvalue weighted by atomic mass is 79.9. The monoisotopic (exact) mass is 298 g/mol. The van der Waals surface area contributed by atoms with E-state index >= 15 is 0 Å². The van der Waals surface area contributed by atoms with Gasteiger partial charge in [-0.15, -0.1) is 0 Å². The molecule has 0 aromatic heterocycles. The molecule has 1 saturated heterocycles. The van der Waals surface area contributed by atoms with E-state index in [2.05, 4.69) is 33.0 Å². The van der Waals surface area contributed by atoms with Gasteiger partial charge in [-0.3, -0.25) is 0 Å². The van der Waals surface area contributed by atoms with E-state index in [1.165, 1.54) is 5.69 Å². The zero-order valence-electron chi connectivity index (χ0n) is 10.1. The molecule has 0 radical (unpaired) electrons. The van der Waals surface area contributed by atoms with Crippen LogP contribution in [0.25, 0.3) is 0 Å². The predicted octanol–water partition coefficient (Wildman–Crippen LogP) is 2.11. The minimum absolute atomic E-state index is 0.225. The molecule has 2 unspecified atom stereocenters. The molecule has 1 aliphatic heterocycles. The van der Waals surface area contributed by atoms with Crippen LogP contribution in [0.4, 0.5) is 5.69 Å². The Bertz CT molecular complexity index is 395. The summed E-state index contributed by atoms with van der Waals surface area (Å²) in [6.07, 6.45) is 0.828. The van der Waals surface area contributed by atoms with Gasteiger partial charge in [0.05, 0.1) is 6.10 Å². The fourth-order valence-electron chi connectivity index (χ4n) is 2.43. The number of hydrogen-bond acceptors (Lipinski definition) is 3. The van der Waals surface area contributed by atoms with Gasteiger partial charge in [0, 0.05) is 35.7 Å². The number of nitrogens with two attached hydrogens (primary N) is 1. The van der Waals surface area contributed by atoms with E-state index in [1.54, 1.807) is 0 Å². The molecule has 0 aliphatic carbocycles. The number of aliphatic hydroxyl groups excluding tert-OH is 1. The van der Waals surface area contributed by atoms with Crippen LogP contribution in [-0.4, -0.2) is 24.3 Å². The fourth-order valence-corrected chi connectivity index (χ4v) is 2.83. The molecule has 3 nitrogen and oxygen atoms in total. The maximum absolute atomic E-state index is 9.63. The standard InChI is InChI=1S/C13H19BrN2O/c1-9(17)10-4-5-16(8-10)13-3-2-12(14)6-11(13)7-15/h2-3,6,9-10,17H,4-5,7-8,15H2,1H3. The van der Waals surface area contributed by atoms with Gasteiger partial charge in [-0.25, -0.2) is 0 Å². The lowest BCUT2D eigenvalue weighted by atomic mass is 10.0. The molecule has 4 heteroatoms. The van der Waals surface area contributed by atoms with Crippen molar-refractivity contribution in [3.05, 3.63) is 28.2 Å². The van der Waals surface area contributed by atoms with Crippen LogP contribution >= 0.6 is 15.9 Å². The number of hydrogen-bond donors (Lipinski definition) is 2. The summed E-state index contributed by atoms with van der Waals surface area (Å²) in [6, 6.07) is 6.23. The van der Waals surface area contributed by atoms with Crippen LogP contribution in [0.1, 0.15) is 18.9 Å². The van der Waals surface area contributed by atoms with Gasteiger partial charge in [-0.2, -0.15) is 0 Å². The molecule has 1 heterocycles. The third kappa shape index (κ3) is 2.81. The van der Waals surface area contributed by atoms with Crippen molar-refractivity contribution in [2.75, 3.05) is 18.0 Å². The summed E-state index contributed by atoms with van der Waals surface area (Å²) in [4.78, 5) is 2.33. The predicted molar refractivity (Wildman–Crippen MR) is 74.0 cm³/mol. The fraction of sp³-hybridized carbons (Fsp3) is 0.538. The molecule has 2 atom stereocenters. The minimum Gasteiger partial charge on any atom is -0.393 e.